The predicted octanol–water partition coefficient (Wildman–Crippen LogP) is 4.04. The van der Waals surface area contributed by atoms with Gasteiger partial charge in [0.15, 0.2) is 0 Å². The van der Waals surface area contributed by atoms with E-state index in [1.807, 2.05) is 0 Å². The van der Waals surface area contributed by atoms with E-state index < -0.39 is 4.92 Å². The summed E-state index contributed by atoms with van der Waals surface area (Å²) >= 11 is 3.34. The maximum atomic E-state index is 11.1. The Hall–Kier alpha value is -1.14. The summed E-state index contributed by atoms with van der Waals surface area (Å²) in [4.78, 5) is 10.7. The highest BCUT2D eigenvalue weighted by molar-refractivity contribution is 9.10. The van der Waals surface area contributed by atoms with Crippen molar-refractivity contribution in [2.75, 3.05) is 12.3 Å². The number of benzene rings is 1. The molecule has 0 amide bonds. The van der Waals surface area contributed by atoms with Crippen LogP contribution in [0.15, 0.2) is 16.6 Å². The van der Waals surface area contributed by atoms with Gasteiger partial charge < -0.3 is 10.5 Å². The van der Waals surface area contributed by atoms with Crippen LogP contribution in [-0.2, 0) is 11.3 Å². The molecule has 0 aromatic heterocycles. The van der Waals surface area contributed by atoms with Crippen molar-refractivity contribution in [3.05, 3.63) is 32.3 Å². The number of nitro benzene ring substituents is 1. The zero-order chi connectivity index (χ0) is 14.5. The second-order valence-corrected chi connectivity index (χ2v) is 6.09. The molecule has 1 aromatic rings. The first-order valence-electron chi connectivity index (χ1n) is 6.88. The lowest BCUT2D eigenvalue weighted by atomic mass is 9.90. The molecule has 0 spiro atoms. The van der Waals surface area contributed by atoms with Crippen LogP contribution in [0, 0.1) is 16.0 Å². The molecule has 2 rings (SSSR count). The summed E-state index contributed by atoms with van der Waals surface area (Å²) in [6.45, 7) is 0.886. The van der Waals surface area contributed by atoms with Crippen LogP contribution >= 0.6 is 15.9 Å². The molecular formula is C14H19BrN2O3. The van der Waals surface area contributed by atoms with Gasteiger partial charge in [-0.25, -0.2) is 0 Å². The standard InChI is InChI=1S/C14H19BrN2O3/c15-12-6-7-13(16)14(17(18)19)11(12)9-20-8-10-4-2-1-3-5-10/h6-7,10H,1-5,8-9,16H2. The van der Waals surface area contributed by atoms with E-state index in [0.29, 0.717) is 22.6 Å². The number of nitrogens with zero attached hydrogens (tertiary/aromatic N) is 1. The van der Waals surface area contributed by atoms with E-state index in [1.165, 1.54) is 38.2 Å². The summed E-state index contributed by atoms with van der Waals surface area (Å²) < 4.78 is 6.36. The Bertz CT molecular complexity index is 488. The zero-order valence-electron chi connectivity index (χ0n) is 11.3. The Morgan fingerprint density at radius 2 is 2.05 bits per heavy atom. The second-order valence-electron chi connectivity index (χ2n) is 5.24. The van der Waals surface area contributed by atoms with Crippen molar-refractivity contribution < 1.29 is 9.66 Å². The van der Waals surface area contributed by atoms with Crippen LogP contribution < -0.4 is 5.73 Å². The largest absolute Gasteiger partial charge is 0.393 e. The van der Waals surface area contributed by atoms with E-state index in [4.69, 9.17) is 10.5 Å². The van der Waals surface area contributed by atoms with Gasteiger partial charge in [0, 0.05) is 11.1 Å². The van der Waals surface area contributed by atoms with E-state index in [1.54, 1.807) is 6.07 Å². The summed E-state index contributed by atoms with van der Waals surface area (Å²) in [5.74, 6) is 0.586. The van der Waals surface area contributed by atoms with Crippen molar-refractivity contribution >= 4 is 27.3 Å². The van der Waals surface area contributed by atoms with Crippen LogP contribution in [0.2, 0.25) is 0 Å². The number of hydrogen-bond acceptors (Lipinski definition) is 4. The van der Waals surface area contributed by atoms with Crippen molar-refractivity contribution in [2.24, 2.45) is 5.92 Å². The predicted molar refractivity (Wildman–Crippen MR) is 81.4 cm³/mol. The molecule has 1 aliphatic carbocycles. The van der Waals surface area contributed by atoms with E-state index in [2.05, 4.69) is 15.9 Å². The maximum absolute atomic E-state index is 11.1. The van der Waals surface area contributed by atoms with Gasteiger partial charge in [0.25, 0.3) is 5.69 Å². The molecule has 0 saturated heterocycles. The number of nitrogens with two attached hydrogens (primary N) is 1. The van der Waals surface area contributed by atoms with E-state index in [0.717, 1.165) is 0 Å². The van der Waals surface area contributed by atoms with Gasteiger partial charge in [0.2, 0.25) is 0 Å². The van der Waals surface area contributed by atoms with Crippen molar-refractivity contribution in [1.29, 1.82) is 0 Å². The molecule has 2 N–H and O–H groups in total. The normalized spacial score (nSPS) is 16.2. The van der Waals surface area contributed by atoms with Gasteiger partial charge in [-0.3, -0.25) is 10.1 Å². The Balaban J connectivity index is 2.01. The number of ether oxygens (including phenoxy) is 1. The Morgan fingerprint density at radius 1 is 1.35 bits per heavy atom. The molecule has 0 atom stereocenters. The molecule has 1 fully saturated rings. The summed E-state index contributed by atoms with van der Waals surface area (Å²) in [7, 11) is 0. The number of hydrogen-bond donors (Lipinski definition) is 1. The second kappa shape index (κ2) is 7.04. The number of anilines is 1. The van der Waals surface area contributed by atoms with Gasteiger partial charge in [-0.05, 0) is 30.9 Å². The topological polar surface area (TPSA) is 78.4 Å². The molecule has 1 aliphatic rings. The van der Waals surface area contributed by atoms with Gasteiger partial charge >= 0.3 is 0 Å². The maximum Gasteiger partial charge on any atom is 0.298 e. The van der Waals surface area contributed by atoms with E-state index >= 15 is 0 Å². The molecule has 6 heteroatoms. The monoisotopic (exact) mass is 342 g/mol. The third-order valence-corrected chi connectivity index (χ3v) is 4.51. The lowest BCUT2D eigenvalue weighted by Gasteiger charge is -2.21. The highest BCUT2D eigenvalue weighted by Gasteiger charge is 2.21. The minimum absolute atomic E-state index is 0.0528. The molecule has 5 nitrogen and oxygen atoms in total. The first-order valence-corrected chi connectivity index (χ1v) is 7.68. The molecule has 0 heterocycles. The number of nitrogen functional groups attached to an aromatic ring is 1. The molecule has 0 radical (unpaired) electrons. The molecule has 20 heavy (non-hydrogen) atoms. The van der Waals surface area contributed by atoms with E-state index in [9.17, 15) is 10.1 Å². The fourth-order valence-electron chi connectivity index (χ4n) is 2.66. The van der Waals surface area contributed by atoms with Gasteiger partial charge in [-0.15, -0.1) is 0 Å². The third-order valence-electron chi connectivity index (χ3n) is 3.76. The molecular weight excluding hydrogens is 324 g/mol. The minimum Gasteiger partial charge on any atom is -0.393 e. The molecule has 0 aliphatic heterocycles. The lowest BCUT2D eigenvalue weighted by molar-refractivity contribution is -0.385. The molecule has 1 aromatic carbocycles. The van der Waals surface area contributed by atoms with Gasteiger partial charge in [-0.2, -0.15) is 0 Å². The van der Waals surface area contributed by atoms with E-state index in [-0.39, 0.29) is 18.0 Å². The molecule has 0 unspecified atom stereocenters. The number of rotatable bonds is 5. The molecule has 0 bridgehead atoms. The Morgan fingerprint density at radius 3 is 2.70 bits per heavy atom. The number of halogens is 1. The SMILES string of the molecule is Nc1ccc(Br)c(COCC2CCCCC2)c1[N+](=O)[O-]. The summed E-state index contributed by atoms with van der Waals surface area (Å²) in [6.07, 6.45) is 6.22. The van der Waals surface area contributed by atoms with Crippen LogP contribution in [0.1, 0.15) is 37.7 Å². The summed E-state index contributed by atoms with van der Waals surface area (Å²) in [5.41, 5.74) is 6.33. The minimum atomic E-state index is -0.445. The number of nitro groups is 1. The zero-order valence-corrected chi connectivity index (χ0v) is 12.9. The summed E-state index contributed by atoms with van der Waals surface area (Å²) in [6, 6.07) is 3.26. The fourth-order valence-corrected chi connectivity index (χ4v) is 3.10. The Labute approximate surface area is 126 Å². The molecule has 1 saturated carbocycles. The third kappa shape index (κ3) is 3.70. The highest BCUT2D eigenvalue weighted by atomic mass is 79.9. The van der Waals surface area contributed by atoms with Crippen molar-refractivity contribution in [3.8, 4) is 0 Å². The van der Waals surface area contributed by atoms with Crippen LogP contribution in [0.4, 0.5) is 11.4 Å². The Kier molecular flexibility index (Phi) is 5.37. The first-order chi connectivity index (χ1) is 9.59. The molecule has 110 valence electrons. The van der Waals surface area contributed by atoms with Gasteiger partial charge in [0.1, 0.15) is 5.69 Å². The fraction of sp³-hybridized carbons (Fsp3) is 0.571. The summed E-state index contributed by atoms with van der Waals surface area (Å²) in [5, 5.41) is 11.1. The smallest absolute Gasteiger partial charge is 0.298 e. The average molecular weight is 343 g/mol. The lowest BCUT2D eigenvalue weighted by Crippen LogP contribution is -2.14. The van der Waals surface area contributed by atoms with Crippen LogP contribution in [0.25, 0.3) is 0 Å². The van der Waals surface area contributed by atoms with Crippen molar-refractivity contribution in [3.63, 3.8) is 0 Å². The van der Waals surface area contributed by atoms with Crippen LogP contribution in [-0.4, -0.2) is 11.5 Å². The highest BCUT2D eigenvalue weighted by Crippen LogP contribution is 2.33. The van der Waals surface area contributed by atoms with Gasteiger partial charge in [0.05, 0.1) is 17.1 Å². The quantitative estimate of drug-likeness (QED) is 0.497. The van der Waals surface area contributed by atoms with Gasteiger partial charge in [-0.1, -0.05) is 35.2 Å². The first kappa shape index (κ1) is 15.3. The van der Waals surface area contributed by atoms with Crippen molar-refractivity contribution in [1.82, 2.24) is 0 Å². The van der Waals surface area contributed by atoms with Crippen LogP contribution in [0.3, 0.4) is 0 Å². The average Bonchev–Trinajstić information content (AvgIpc) is 2.43. The van der Waals surface area contributed by atoms with Crippen LogP contribution in [0.5, 0.6) is 0 Å². The van der Waals surface area contributed by atoms with Crippen molar-refractivity contribution in [2.45, 2.75) is 38.7 Å².